The van der Waals surface area contributed by atoms with Gasteiger partial charge in [0.2, 0.25) is 0 Å². The molecule has 0 aliphatic rings. The topological polar surface area (TPSA) is 42.6 Å². The molecule has 0 aromatic carbocycles. The second kappa shape index (κ2) is 3.49. The molecule has 0 aliphatic heterocycles. The van der Waals surface area contributed by atoms with Gasteiger partial charge >= 0.3 is 0 Å². The first-order chi connectivity index (χ1) is 6.77. The van der Waals surface area contributed by atoms with Crippen LogP contribution in [0.4, 0.5) is 0 Å². The SMILES string of the molecule is Cc1ccc(-c2ncncn2)c[n+]1C. The van der Waals surface area contributed by atoms with Crippen molar-refractivity contribution in [3.63, 3.8) is 0 Å². The molecule has 4 heteroatoms. The van der Waals surface area contributed by atoms with Crippen molar-refractivity contribution in [2.24, 2.45) is 7.05 Å². The Morgan fingerprint density at radius 2 is 1.86 bits per heavy atom. The average Bonchev–Trinajstić information content (AvgIpc) is 2.23. The highest BCUT2D eigenvalue weighted by Crippen LogP contribution is 2.10. The third-order valence-electron chi connectivity index (χ3n) is 2.14. The summed E-state index contributed by atoms with van der Waals surface area (Å²) in [4.78, 5) is 12.0. The van der Waals surface area contributed by atoms with Gasteiger partial charge in [-0.15, -0.1) is 0 Å². The molecule has 0 aliphatic carbocycles. The molecule has 0 atom stereocenters. The molecule has 4 nitrogen and oxygen atoms in total. The minimum absolute atomic E-state index is 0.704. The van der Waals surface area contributed by atoms with Gasteiger partial charge in [0.05, 0.1) is 5.56 Å². The molecule has 0 N–H and O–H groups in total. The number of rotatable bonds is 1. The van der Waals surface area contributed by atoms with Crippen molar-refractivity contribution in [1.82, 2.24) is 15.0 Å². The van der Waals surface area contributed by atoms with Crippen LogP contribution in [0.15, 0.2) is 31.0 Å². The van der Waals surface area contributed by atoms with Crippen molar-refractivity contribution in [2.75, 3.05) is 0 Å². The first-order valence-corrected chi connectivity index (χ1v) is 4.36. The summed E-state index contributed by atoms with van der Waals surface area (Å²) in [6.07, 6.45) is 5.01. The first-order valence-electron chi connectivity index (χ1n) is 4.36. The third kappa shape index (κ3) is 1.59. The van der Waals surface area contributed by atoms with Gasteiger partial charge in [-0.05, 0) is 6.07 Å². The van der Waals surface area contributed by atoms with Crippen LogP contribution in [-0.2, 0) is 7.05 Å². The molecule has 0 saturated heterocycles. The van der Waals surface area contributed by atoms with Gasteiger partial charge in [0.15, 0.2) is 17.7 Å². The fourth-order valence-electron chi connectivity index (χ4n) is 1.20. The van der Waals surface area contributed by atoms with Crippen LogP contribution in [0, 0.1) is 6.92 Å². The quantitative estimate of drug-likeness (QED) is 0.616. The summed E-state index contributed by atoms with van der Waals surface area (Å²) in [5.74, 6) is 0.704. The summed E-state index contributed by atoms with van der Waals surface area (Å²) in [6.45, 7) is 2.05. The van der Waals surface area contributed by atoms with E-state index in [0.29, 0.717) is 5.82 Å². The summed E-state index contributed by atoms with van der Waals surface area (Å²) in [5, 5.41) is 0. The summed E-state index contributed by atoms with van der Waals surface area (Å²) in [5.41, 5.74) is 2.20. The summed E-state index contributed by atoms with van der Waals surface area (Å²) >= 11 is 0. The monoisotopic (exact) mass is 187 g/mol. The number of aromatic nitrogens is 4. The maximum atomic E-state index is 4.08. The van der Waals surface area contributed by atoms with Crippen LogP contribution in [-0.4, -0.2) is 15.0 Å². The Labute approximate surface area is 82.3 Å². The predicted octanol–water partition coefficient (Wildman–Crippen LogP) is 0.672. The predicted molar refractivity (Wildman–Crippen MR) is 51.2 cm³/mol. The Bertz CT molecular complexity index is 439. The smallest absolute Gasteiger partial charge is 0.179 e. The zero-order valence-corrected chi connectivity index (χ0v) is 8.18. The van der Waals surface area contributed by atoms with Crippen LogP contribution >= 0.6 is 0 Å². The van der Waals surface area contributed by atoms with E-state index in [2.05, 4.69) is 21.9 Å². The van der Waals surface area contributed by atoms with E-state index < -0.39 is 0 Å². The molecule has 2 heterocycles. The van der Waals surface area contributed by atoms with Crippen molar-refractivity contribution in [2.45, 2.75) is 6.92 Å². The molecule has 0 bridgehead atoms. The van der Waals surface area contributed by atoms with Crippen molar-refractivity contribution in [3.05, 3.63) is 36.7 Å². The van der Waals surface area contributed by atoms with E-state index in [0.717, 1.165) is 5.56 Å². The van der Waals surface area contributed by atoms with E-state index in [1.54, 1.807) is 0 Å². The minimum atomic E-state index is 0.704. The van der Waals surface area contributed by atoms with E-state index in [1.807, 2.05) is 29.9 Å². The standard InChI is InChI=1S/C10H11N4/c1-8-3-4-9(5-14(8)2)10-12-6-11-7-13-10/h3-7H,1-2H3/q+1. The molecule has 0 saturated carbocycles. The van der Waals surface area contributed by atoms with E-state index in [-0.39, 0.29) is 0 Å². The molecular formula is C10H11N4+. The van der Waals surface area contributed by atoms with E-state index in [9.17, 15) is 0 Å². The second-order valence-corrected chi connectivity index (χ2v) is 3.13. The lowest BCUT2D eigenvalue weighted by Gasteiger charge is -1.98. The van der Waals surface area contributed by atoms with Crippen LogP contribution in [0.25, 0.3) is 11.4 Å². The first kappa shape index (κ1) is 8.74. The Morgan fingerprint density at radius 1 is 1.14 bits per heavy atom. The molecule has 14 heavy (non-hydrogen) atoms. The van der Waals surface area contributed by atoms with Gasteiger partial charge < -0.3 is 0 Å². The van der Waals surface area contributed by atoms with Crippen LogP contribution in [0.1, 0.15) is 5.69 Å². The highest BCUT2D eigenvalue weighted by molar-refractivity contribution is 5.51. The van der Waals surface area contributed by atoms with E-state index >= 15 is 0 Å². The van der Waals surface area contributed by atoms with Crippen molar-refractivity contribution in [3.8, 4) is 11.4 Å². The van der Waals surface area contributed by atoms with Crippen LogP contribution in [0.5, 0.6) is 0 Å². The van der Waals surface area contributed by atoms with Gasteiger partial charge in [-0.1, -0.05) is 0 Å². The molecule has 2 aromatic rings. The van der Waals surface area contributed by atoms with Gasteiger partial charge in [-0.3, -0.25) is 0 Å². The van der Waals surface area contributed by atoms with Crippen molar-refractivity contribution >= 4 is 0 Å². The number of pyridine rings is 1. The zero-order valence-electron chi connectivity index (χ0n) is 8.18. The number of aryl methyl sites for hydroxylation is 2. The molecule has 2 rings (SSSR count). The van der Waals surface area contributed by atoms with Gasteiger partial charge in [0.25, 0.3) is 0 Å². The Balaban J connectivity index is 2.48. The highest BCUT2D eigenvalue weighted by Gasteiger charge is 2.06. The zero-order chi connectivity index (χ0) is 9.97. The molecule has 0 unspecified atom stereocenters. The second-order valence-electron chi connectivity index (χ2n) is 3.13. The van der Waals surface area contributed by atoms with E-state index in [1.165, 1.54) is 18.3 Å². The minimum Gasteiger partial charge on any atom is -0.225 e. The number of hydrogen-bond donors (Lipinski definition) is 0. The Hall–Kier alpha value is -1.84. The maximum Gasteiger partial charge on any atom is 0.179 e. The summed E-state index contributed by atoms with van der Waals surface area (Å²) in [7, 11) is 2.00. The van der Waals surface area contributed by atoms with Crippen molar-refractivity contribution < 1.29 is 4.57 Å². The lowest BCUT2D eigenvalue weighted by molar-refractivity contribution is -0.677. The highest BCUT2D eigenvalue weighted by atomic mass is 15.0. The van der Waals surface area contributed by atoms with Crippen LogP contribution in [0.2, 0.25) is 0 Å². The lowest BCUT2D eigenvalue weighted by atomic mass is 10.2. The number of hydrogen-bond acceptors (Lipinski definition) is 3. The van der Waals surface area contributed by atoms with Crippen LogP contribution < -0.4 is 4.57 Å². The summed E-state index contributed by atoms with van der Waals surface area (Å²) < 4.78 is 2.04. The molecule has 0 fully saturated rings. The normalized spacial score (nSPS) is 10.1. The molecular weight excluding hydrogens is 176 g/mol. The molecule has 0 amide bonds. The number of nitrogens with zero attached hydrogens (tertiary/aromatic N) is 4. The largest absolute Gasteiger partial charge is 0.225 e. The van der Waals surface area contributed by atoms with Gasteiger partial charge in [0, 0.05) is 13.0 Å². The summed E-state index contributed by atoms with van der Waals surface area (Å²) in [6, 6.07) is 4.05. The molecule has 0 radical (unpaired) electrons. The molecule has 2 aromatic heterocycles. The molecule has 0 spiro atoms. The van der Waals surface area contributed by atoms with E-state index in [4.69, 9.17) is 0 Å². The van der Waals surface area contributed by atoms with Crippen molar-refractivity contribution in [1.29, 1.82) is 0 Å². The van der Waals surface area contributed by atoms with Gasteiger partial charge in [0.1, 0.15) is 19.7 Å². The maximum absolute atomic E-state index is 4.08. The Kier molecular flexibility index (Phi) is 2.18. The average molecular weight is 187 g/mol. The fourth-order valence-corrected chi connectivity index (χ4v) is 1.20. The lowest BCUT2D eigenvalue weighted by Crippen LogP contribution is -2.31. The molecule has 70 valence electrons. The van der Waals surface area contributed by atoms with Crippen LogP contribution in [0.3, 0.4) is 0 Å². The Morgan fingerprint density at radius 3 is 2.50 bits per heavy atom. The van der Waals surface area contributed by atoms with Gasteiger partial charge in [-0.25, -0.2) is 19.5 Å². The fraction of sp³-hybridized carbons (Fsp3) is 0.200. The van der Waals surface area contributed by atoms with Gasteiger partial charge in [-0.2, -0.15) is 0 Å². The third-order valence-corrected chi connectivity index (χ3v) is 2.14.